The Morgan fingerprint density at radius 2 is 1.47 bits per heavy atom. The summed E-state index contributed by atoms with van der Waals surface area (Å²) in [6.07, 6.45) is -12.8. The topological polar surface area (TPSA) is 32.7 Å². The minimum atomic E-state index is -5.06. The Morgan fingerprint density at radius 1 is 0.816 bits per heavy atom. The molecule has 0 fully saturated rings. The van der Waals surface area contributed by atoms with Crippen molar-refractivity contribution in [3.8, 4) is 11.5 Å². The summed E-state index contributed by atoms with van der Waals surface area (Å²) < 4.78 is 136. The summed E-state index contributed by atoms with van der Waals surface area (Å²) in [5.74, 6) is -0.993. The van der Waals surface area contributed by atoms with Gasteiger partial charge in [0.2, 0.25) is 0 Å². The van der Waals surface area contributed by atoms with Crippen molar-refractivity contribution in [1.82, 2.24) is 0 Å². The first-order valence-electron chi connectivity index (χ1n) is 10.5. The summed E-state index contributed by atoms with van der Waals surface area (Å²) in [4.78, 5) is 0.684. The van der Waals surface area contributed by atoms with Crippen LogP contribution in [0.25, 0.3) is 0 Å². The van der Waals surface area contributed by atoms with Crippen LogP contribution in [0.1, 0.15) is 11.1 Å². The van der Waals surface area contributed by atoms with Gasteiger partial charge in [0.1, 0.15) is 17.3 Å². The summed E-state index contributed by atoms with van der Waals surface area (Å²) in [5, 5.41) is 9.56. The van der Waals surface area contributed by atoms with Crippen molar-refractivity contribution in [1.29, 1.82) is 0 Å². The summed E-state index contributed by atoms with van der Waals surface area (Å²) in [6, 6.07) is 11.4. The zero-order valence-corrected chi connectivity index (χ0v) is 19.6. The maximum Gasteiger partial charge on any atom is 0.446 e. The molecule has 3 rings (SSSR count). The van der Waals surface area contributed by atoms with E-state index in [0.29, 0.717) is 18.2 Å². The van der Waals surface area contributed by atoms with Crippen LogP contribution in [0.5, 0.6) is 11.5 Å². The number of rotatable bonds is 8. The third-order valence-electron chi connectivity index (χ3n) is 4.98. The molecule has 0 aliphatic rings. The Bertz CT molecular complexity index is 1230. The number of benzene rings is 3. The molecule has 1 atom stereocenters. The minimum absolute atomic E-state index is 0.0289. The van der Waals surface area contributed by atoms with Crippen molar-refractivity contribution in [2.45, 2.75) is 35.4 Å². The largest absolute Gasteiger partial charge is 0.457 e. The molecule has 0 bridgehead atoms. The number of aliphatic hydroxyl groups is 1. The number of ether oxygens (including phenoxy) is 1. The Kier molecular flexibility index (Phi) is 8.76. The molecule has 3 aromatic rings. The fourth-order valence-electron chi connectivity index (χ4n) is 3.25. The monoisotopic (exact) mass is 573 g/mol. The van der Waals surface area contributed by atoms with Crippen molar-refractivity contribution in [3.05, 3.63) is 83.7 Å². The van der Waals surface area contributed by atoms with Gasteiger partial charge < -0.3 is 14.7 Å². The summed E-state index contributed by atoms with van der Waals surface area (Å²) >= 11 is -0.359. The van der Waals surface area contributed by atoms with E-state index in [-0.39, 0.29) is 33.8 Å². The lowest BCUT2D eigenvalue weighted by atomic mass is 10.1. The van der Waals surface area contributed by atoms with Crippen LogP contribution >= 0.6 is 11.8 Å². The second-order valence-electron chi connectivity index (χ2n) is 7.86. The number of hydrogen-bond acceptors (Lipinski definition) is 4. The van der Waals surface area contributed by atoms with E-state index in [1.54, 1.807) is 0 Å². The molecule has 0 heterocycles. The summed E-state index contributed by atoms with van der Waals surface area (Å²) in [6.45, 7) is -1.88. The van der Waals surface area contributed by atoms with E-state index in [9.17, 15) is 49.0 Å². The van der Waals surface area contributed by atoms with Gasteiger partial charge in [-0.3, -0.25) is 0 Å². The number of thioether (sulfide) groups is 1. The van der Waals surface area contributed by atoms with Gasteiger partial charge in [-0.15, -0.1) is 0 Å². The van der Waals surface area contributed by atoms with Crippen LogP contribution in [0.2, 0.25) is 0 Å². The molecule has 0 radical (unpaired) electrons. The van der Waals surface area contributed by atoms with Crippen LogP contribution in [-0.2, 0) is 12.7 Å². The van der Waals surface area contributed by atoms with E-state index in [4.69, 9.17) is 4.74 Å². The lowest BCUT2D eigenvalue weighted by molar-refractivity contribution is -0.200. The minimum Gasteiger partial charge on any atom is -0.457 e. The lowest BCUT2D eigenvalue weighted by Gasteiger charge is -2.29. The van der Waals surface area contributed by atoms with Crippen molar-refractivity contribution in [2.75, 3.05) is 11.4 Å². The van der Waals surface area contributed by atoms with Crippen LogP contribution in [0.4, 0.5) is 49.6 Å². The number of nitrogens with zero attached hydrogens (tertiary/aromatic N) is 1. The normalized spacial score (nSPS) is 13.3. The fourth-order valence-corrected chi connectivity index (χ4v) is 3.84. The first-order valence-corrected chi connectivity index (χ1v) is 11.3. The molecule has 0 amide bonds. The molecule has 38 heavy (non-hydrogen) atoms. The van der Waals surface area contributed by atoms with Crippen LogP contribution < -0.4 is 9.64 Å². The van der Waals surface area contributed by atoms with Gasteiger partial charge in [0, 0.05) is 22.7 Å². The lowest BCUT2D eigenvalue weighted by Crippen LogP contribution is -2.41. The van der Waals surface area contributed by atoms with Gasteiger partial charge in [0.25, 0.3) is 0 Å². The van der Waals surface area contributed by atoms with Crippen molar-refractivity contribution in [3.63, 3.8) is 0 Å². The predicted octanol–water partition coefficient (Wildman–Crippen LogP) is 8.18. The molecule has 1 N–H and O–H groups in total. The van der Waals surface area contributed by atoms with Gasteiger partial charge in [-0.25, -0.2) is 4.39 Å². The second kappa shape index (κ2) is 11.3. The third kappa shape index (κ3) is 8.45. The molecule has 14 heteroatoms. The van der Waals surface area contributed by atoms with Gasteiger partial charge in [-0.2, -0.15) is 39.5 Å². The van der Waals surface area contributed by atoms with Crippen molar-refractivity contribution >= 4 is 17.4 Å². The molecule has 0 aliphatic carbocycles. The van der Waals surface area contributed by atoms with Gasteiger partial charge in [0.15, 0.2) is 6.10 Å². The van der Waals surface area contributed by atoms with Crippen LogP contribution in [0.15, 0.2) is 71.6 Å². The molecule has 0 unspecified atom stereocenters. The molecule has 206 valence electrons. The molecule has 0 saturated carbocycles. The Labute approximate surface area is 213 Å². The smallest absolute Gasteiger partial charge is 0.446 e. The highest BCUT2D eigenvalue weighted by atomic mass is 32.2. The molecular weight excluding hydrogens is 556 g/mol. The molecule has 3 nitrogen and oxygen atoms in total. The van der Waals surface area contributed by atoms with Crippen molar-refractivity contribution < 1.29 is 53.7 Å². The van der Waals surface area contributed by atoms with E-state index in [0.717, 1.165) is 11.0 Å². The second-order valence-corrected chi connectivity index (χ2v) is 9.00. The predicted molar refractivity (Wildman–Crippen MR) is 119 cm³/mol. The maximum absolute atomic E-state index is 14.3. The Hall–Kier alpha value is -3.13. The molecule has 3 aromatic carbocycles. The average Bonchev–Trinajstić information content (AvgIpc) is 2.78. The van der Waals surface area contributed by atoms with Crippen LogP contribution in [0, 0.1) is 5.82 Å². The number of anilines is 1. The van der Waals surface area contributed by atoms with Gasteiger partial charge in [0.05, 0.1) is 12.1 Å². The van der Waals surface area contributed by atoms with Gasteiger partial charge in [-0.05, 0) is 72.4 Å². The Morgan fingerprint density at radius 3 is 2.05 bits per heavy atom. The third-order valence-corrected chi connectivity index (χ3v) is 5.70. The highest BCUT2D eigenvalue weighted by molar-refractivity contribution is 8.00. The zero-order valence-electron chi connectivity index (χ0n) is 18.8. The molecule has 0 aliphatic heterocycles. The first kappa shape index (κ1) is 29.4. The summed E-state index contributed by atoms with van der Waals surface area (Å²) in [5.41, 5.74) is -6.32. The fraction of sp³-hybridized carbons (Fsp3) is 0.250. The standard InChI is InChI=1S/C24H17F10NO2S/c25-20-9-4-15(22(26,27)28)10-14(20)12-35(13-21(36)23(29,30)31)16-5-7-17(8-6-16)37-18-2-1-3-19(11-18)38-24(32,33)34/h1-11,21,36H,12-13H2/t21-/m1/s1. The number of aliphatic hydroxyl groups excluding tert-OH is 1. The zero-order chi connectivity index (χ0) is 28.3. The van der Waals surface area contributed by atoms with Crippen molar-refractivity contribution in [2.24, 2.45) is 0 Å². The highest BCUT2D eigenvalue weighted by Crippen LogP contribution is 2.39. The SMILES string of the molecule is O[C@H](CN(Cc1cc(C(F)(F)F)ccc1F)c1ccc(Oc2cccc(SC(F)(F)F)c2)cc1)C(F)(F)F. The highest BCUT2D eigenvalue weighted by Gasteiger charge is 2.39. The van der Waals surface area contributed by atoms with E-state index in [1.165, 1.54) is 42.5 Å². The van der Waals surface area contributed by atoms with Crippen LogP contribution in [-0.4, -0.2) is 29.4 Å². The quantitative estimate of drug-likeness (QED) is 0.218. The Balaban J connectivity index is 1.86. The molecular formula is C24H17F10NO2S. The molecule has 0 aromatic heterocycles. The number of hydrogen-bond donors (Lipinski definition) is 1. The van der Waals surface area contributed by atoms with Gasteiger partial charge >= 0.3 is 17.9 Å². The molecule has 0 spiro atoms. The molecule has 0 saturated heterocycles. The van der Waals surface area contributed by atoms with Gasteiger partial charge in [-0.1, -0.05) is 6.07 Å². The summed E-state index contributed by atoms with van der Waals surface area (Å²) in [7, 11) is 0. The van der Waals surface area contributed by atoms with Crippen LogP contribution in [0.3, 0.4) is 0 Å². The van der Waals surface area contributed by atoms with E-state index < -0.39 is 54.0 Å². The number of alkyl halides is 9. The van der Waals surface area contributed by atoms with E-state index in [1.807, 2.05) is 0 Å². The average molecular weight is 573 g/mol. The van der Waals surface area contributed by atoms with E-state index >= 15 is 0 Å². The number of halogens is 10. The maximum atomic E-state index is 14.3. The first-order chi connectivity index (χ1) is 17.5. The van der Waals surface area contributed by atoms with E-state index in [2.05, 4.69) is 0 Å².